The van der Waals surface area contributed by atoms with Crippen molar-refractivity contribution in [2.75, 3.05) is 43.5 Å². The number of rotatable bonds is 2. The molecule has 2 fully saturated rings. The van der Waals surface area contributed by atoms with Crippen LogP contribution in [-0.4, -0.2) is 54.7 Å². The van der Waals surface area contributed by atoms with Gasteiger partial charge in [0.25, 0.3) is 5.91 Å². The van der Waals surface area contributed by atoms with Crippen molar-refractivity contribution in [2.24, 2.45) is 0 Å². The summed E-state index contributed by atoms with van der Waals surface area (Å²) in [5.74, 6) is 0.355. The van der Waals surface area contributed by atoms with E-state index in [1.165, 1.54) is 30.6 Å². The number of nitrogens with zero attached hydrogens (tertiary/aromatic N) is 3. The Labute approximate surface area is 128 Å². The molecule has 1 aromatic heterocycles. The number of thiazole rings is 1. The van der Waals surface area contributed by atoms with Crippen LogP contribution in [0.5, 0.6) is 0 Å². The Morgan fingerprint density at radius 3 is 2.81 bits per heavy atom. The number of hydrogen-bond acceptors (Lipinski definition) is 6. The first-order valence-corrected chi connectivity index (χ1v) is 8.38. The minimum Gasteiger partial charge on any atom is -0.382 e. The summed E-state index contributed by atoms with van der Waals surface area (Å²) in [6.45, 7) is 5.82. The molecule has 2 aliphatic heterocycles. The van der Waals surface area contributed by atoms with Crippen LogP contribution < -0.4 is 10.6 Å². The van der Waals surface area contributed by atoms with E-state index in [1.807, 2.05) is 11.8 Å². The van der Waals surface area contributed by atoms with E-state index in [4.69, 9.17) is 10.5 Å². The van der Waals surface area contributed by atoms with E-state index in [1.54, 1.807) is 0 Å². The number of piperidine rings is 1. The summed E-state index contributed by atoms with van der Waals surface area (Å²) in [6, 6.07) is 0.0891. The number of nitrogens with two attached hydrogens (primary N) is 1. The molecule has 6 nitrogen and oxygen atoms in total. The number of hydrogen-bond donors (Lipinski definition) is 1. The van der Waals surface area contributed by atoms with Gasteiger partial charge in [-0.15, -0.1) is 0 Å². The van der Waals surface area contributed by atoms with Gasteiger partial charge in [-0.05, 0) is 26.2 Å². The Kier molecular flexibility index (Phi) is 4.30. The molecule has 1 amide bonds. The molecule has 0 spiro atoms. The molecule has 0 saturated carbocycles. The molecule has 2 N–H and O–H groups in total. The fraction of sp³-hybridized carbons (Fsp3) is 0.714. The van der Waals surface area contributed by atoms with E-state index < -0.39 is 0 Å². The topological polar surface area (TPSA) is 71.7 Å². The standard InChI is InChI=1S/C14H22N4O2S/c1-10-9-20-8-7-18(10)13(19)11-12(15)16-14(21-11)17-5-3-2-4-6-17/h10H,2-9,15H2,1H3. The van der Waals surface area contributed by atoms with Crippen molar-refractivity contribution in [1.82, 2.24) is 9.88 Å². The van der Waals surface area contributed by atoms with Crippen molar-refractivity contribution in [3.63, 3.8) is 0 Å². The zero-order valence-corrected chi connectivity index (χ0v) is 13.2. The maximum Gasteiger partial charge on any atom is 0.268 e. The molecule has 1 atom stereocenters. The van der Waals surface area contributed by atoms with Gasteiger partial charge in [-0.2, -0.15) is 0 Å². The smallest absolute Gasteiger partial charge is 0.268 e. The molecular formula is C14H22N4O2S. The molecule has 1 aromatic rings. The molecule has 2 aliphatic rings. The second kappa shape index (κ2) is 6.19. The summed E-state index contributed by atoms with van der Waals surface area (Å²) in [6.07, 6.45) is 3.64. The molecular weight excluding hydrogens is 288 g/mol. The van der Waals surface area contributed by atoms with Gasteiger partial charge in [0.2, 0.25) is 0 Å². The van der Waals surface area contributed by atoms with Gasteiger partial charge in [0.05, 0.1) is 19.3 Å². The van der Waals surface area contributed by atoms with Gasteiger partial charge in [-0.3, -0.25) is 4.79 Å². The predicted octanol–water partition coefficient (Wildman–Crippen LogP) is 1.58. The van der Waals surface area contributed by atoms with Crippen LogP contribution in [0.3, 0.4) is 0 Å². The highest BCUT2D eigenvalue weighted by Crippen LogP contribution is 2.31. The summed E-state index contributed by atoms with van der Waals surface area (Å²) >= 11 is 1.43. The van der Waals surface area contributed by atoms with Crippen LogP contribution in [-0.2, 0) is 4.74 Å². The molecule has 2 saturated heterocycles. The number of morpholine rings is 1. The number of amides is 1. The molecule has 116 valence electrons. The van der Waals surface area contributed by atoms with Crippen molar-refractivity contribution in [1.29, 1.82) is 0 Å². The molecule has 0 radical (unpaired) electrons. The molecule has 0 bridgehead atoms. The summed E-state index contributed by atoms with van der Waals surface area (Å²) in [7, 11) is 0. The van der Waals surface area contributed by atoms with Crippen LogP contribution in [0, 0.1) is 0 Å². The molecule has 21 heavy (non-hydrogen) atoms. The highest BCUT2D eigenvalue weighted by atomic mass is 32.1. The molecule has 7 heteroatoms. The number of ether oxygens (including phenoxy) is 1. The van der Waals surface area contributed by atoms with E-state index in [-0.39, 0.29) is 11.9 Å². The van der Waals surface area contributed by atoms with E-state index >= 15 is 0 Å². The average molecular weight is 310 g/mol. The fourth-order valence-corrected chi connectivity index (χ4v) is 3.85. The van der Waals surface area contributed by atoms with Crippen molar-refractivity contribution in [3.05, 3.63) is 4.88 Å². The Hall–Kier alpha value is -1.34. The minimum atomic E-state index is -0.0101. The van der Waals surface area contributed by atoms with E-state index in [2.05, 4.69) is 9.88 Å². The number of nitrogen functional groups attached to an aromatic ring is 1. The SMILES string of the molecule is CC1COCCN1C(=O)c1sc(N2CCCCC2)nc1N. The van der Waals surface area contributed by atoms with Crippen molar-refractivity contribution < 1.29 is 9.53 Å². The third-order valence-electron chi connectivity index (χ3n) is 4.09. The number of carbonyl (C=O) groups excluding carboxylic acids is 1. The minimum absolute atomic E-state index is 0.0101. The number of anilines is 2. The number of aromatic nitrogens is 1. The van der Waals surface area contributed by atoms with Crippen LogP contribution in [0.1, 0.15) is 35.9 Å². The van der Waals surface area contributed by atoms with Crippen LogP contribution in [0.25, 0.3) is 0 Å². The first-order valence-electron chi connectivity index (χ1n) is 7.57. The second-order valence-electron chi connectivity index (χ2n) is 5.68. The third kappa shape index (κ3) is 2.98. The van der Waals surface area contributed by atoms with Crippen molar-refractivity contribution >= 4 is 28.2 Å². The average Bonchev–Trinajstić information content (AvgIpc) is 2.90. The number of carbonyl (C=O) groups is 1. The zero-order valence-electron chi connectivity index (χ0n) is 12.4. The fourth-order valence-electron chi connectivity index (χ4n) is 2.85. The second-order valence-corrected chi connectivity index (χ2v) is 6.66. The highest BCUT2D eigenvalue weighted by Gasteiger charge is 2.29. The maximum absolute atomic E-state index is 12.7. The Balaban J connectivity index is 1.78. The monoisotopic (exact) mass is 310 g/mol. The van der Waals surface area contributed by atoms with E-state index in [9.17, 15) is 4.79 Å². The lowest BCUT2D eigenvalue weighted by Crippen LogP contribution is -2.47. The van der Waals surface area contributed by atoms with Crippen molar-refractivity contribution in [2.45, 2.75) is 32.2 Å². The van der Waals surface area contributed by atoms with E-state index in [0.717, 1.165) is 18.2 Å². The lowest BCUT2D eigenvalue weighted by Gasteiger charge is -2.33. The van der Waals surface area contributed by atoms with Crippen LogP contribution >= 0.6 is 11.3 Å². The Morgan fingerprint density at radius 2 is 2.10 bits per heavy atom. The molecule has 3 rings (SSSR count). The first-order chi connectivity index (χ1) is 10.2. The van der Waals surface area contributed by atoms with Gasteiger partial charge in [0.15, 0.2) is 5.13 Å². The van der Waals surface area contributed by atoms with Gasteiger partial charge in [0, 0.05) is 19.6 Å². The quantitative estimate of drug-likeness (QED) is 0.898. The molecule has 3 heterocycles. The zero-order chi connectivity index (χ0) is 14.8. The summed E-state index contributed by atoms with van der Waals surface area (Å²) < 4.78 is 5.38. The van der Waals surface area contributed by atoms with Crippen molar-refractivity contribution in [3.8, 4) is 0 Å². The summed E-state index contributed by atoms with van der Waals surface area (Å²) in [5.41, 5.74) is 5.99. The normalized spacial score (nSPS) is 23.4. The van der Waals surface area contributed by atoms with Gasteiger partial charge in [0.1, 0.15) is 10.7 Å². The van der Waals surface area contributed by atoms with Gasteiger partial charge >= 0.3 is 0 Å². The summed E-state index contributed by atoms with van der Waals surface area (Å²) in [5, 5.41) is 0.886. The van der Waals surface area contributed by atoms with Gasteiger partial charge in [-0.1, -0.05) is 11.3 Å². The highest BCUT2D eigenvalue weighted by molar-refractivity contribution is 7.18. The Bertz CT molecular complexity index is 513. The molecule has 1 unspecified atom stereocenters. The maximum atomic E-state index is 12.7. The van der Waals surface area contributed by atoms with E-state index in [0.29, 0.717) is 30.5 Å². The lowest BCUT2D eigenvalue weighted by atomic mass is 10.1. The largest absolute Gasteiger partial charge is 0.382 e. The van der Waals surface area contributed by atoms with Crippen LogP contribution in [0.15, 0.2) is 0 Å². The van der Waals surface area contributed by atoms with Crippen LogP contribution in [0.2, 0.25) is 0 Å². The first kappa shape index (κ1) is 14.6. The van der Waals surface area contributed by atoms with Gasteiger partial charge in [-0.25, -0.2) is 4.98 Å². The summed E-state index contributed by atoms with van der Waals surface area (Å²) in [4.78, 5) is 21.7. The Morgan fingerprint density at radius 1 is 1.33 bits per heavy atom. The third-order valence-corrected chi connectivity index (χ3v) is 5.21. The van der Waals surface area contributed by atoms with Gasteiger partial charge < -0.3 is 20.3 Å². The van der Waals surface area contributed by atoms with Crippen LogP contribution in [0.4, 0.5) is 10.9 Å². The molecule has 0 aliphatic carbocycles. The predicted molar refractivity (Wildman–Crippen MR) is 83.9 cm³/mol. The molecule has 0 aromatic carbocycles. The lowest BCUT2D eigenvalue weighted by molar-refractivity contribution is 0.00391.